The van der Waals surface area contributed by atoms with Crippen LogP contribution in [0.3, 0.4) is 0 Å². The fourth-order valence-electron chi connectivity index (χ4n) is 3.19. The van der Waals surface area contributed by atoms with Crippen molar-refractivity contribution >= 4 is 0 Å². The molecule has 1 heteroatoms. The molecule has 1 saturated carbocycles. The van der Waals surface area contributed by atoms with Crippen molar-refractivity contribution in [2.45, 2.75) is 53.1 Å². The molecule has 2 aliphatic rings. The number of allylic oxidation sites excluding steroid dienone is 3. The zero-order chi connectivity index (χ0) is 12.0. The van der Waals surface area contributed by atoms with Crippen molar-refractivity contribution < 1.29 is 5.11 Å². The maximum Gasteiger partial charge on any atom is 0.0692 e. The van der Waals surface area contributed by atoms with Crippen molar-refractivity contribution in [2.24, 2.45) is 16.7 Å². The Labute approximate surface area is 99.3 Å². The molecule has 0 heterocycles. The summed E-state index contributed by atoms with van der Waals surface area (Å²) in [7, 11) is 0. The topological polar surface area (TPSA) is 20.2 Å². The molecule has 0 spiro atoms. The van der Waals surface area contributed by atoms with E-state index in [9.17, 15) is 5.11 Å². The number of hydrogen-bond donors (Lipinski definition) is 1. The molecule has 0 saturated heterocycles. The van der Waals surface area contributed by atoms with Gasteiger partial charge in [0.15, 0.2) is 0 Å². The summed E-state index contributed by atoms with van der Waals surface area (Å²) >= 11 is 0. The molecular weight excluding hydrogens is 196 g/mol. The van der Waals surface area contributed by atoms with Gasteiger partial charge in [-0.1, -0.05) is 37.6 Å². The first-order chi connectivity index (χ1) is 7.38. The largest absolute Gasteiger partial charge is 0.389 e. The van der Waals surface area contributed by atoms with E-state index in [0.29, 0.717) is 10.8 Å². The molecule has 1 N–H and O–H groups in total. The fraction of sp³-hybridized carbons (Fsp3) is 0.733. The highest BCUT2D eigenvalue weighted by Crippen LogP contribution is 2.63. The van der Waals surface area contributed by atoms with E-state index in [-0.39, 0.29) is 6.10 Å². The molecule has 0 bridgehead atoms. The highest BCUT2D eigenvalue weighted by atomic mass is 16.3. The lowest BCUT2D eigenvalue weighted by molar-refractivity contribution is 0.207. The lowest BCUT2D eigenvalue weighted by Crippen LogP contribution is -2.28. The smallest absolute Gasteiger partial charge is 0.0692 e. The first-order valence-electron chi connectivity index (χ1n) is 6.43. The van der Waals surface area contributed by atoms with Crippen molar-refractivity contribution in [3.8, 4) is 0 Å². The molecule has 1 nitrogen and oxygen atoms in total. The summed E-state index contributed by atoms with van der Waals surface area (Å²) in [5.74, 6) is 0.731. The highest BCUT2D eigenvalue weighted by Gasteiger charge is 2.54. The van der Waals surface area contributed by atoms with Gasteiger partial charge in [-0.25, -0.2) is 0 Å². The molecule has 0 radical (unpaired) electrons. The van der Waals surface area contributed by atoms with Crippen molar-refractivity contribution in [2.75, 3.05) is 0 Å². The molecule has 0 aliphatic heterocycles. The zero-order valence-corrected chi connectivity index (χ0v) is 11.0. The van der Waals surface area contributed by atoms with Crippen LogP contribution < -0.4 is 0 Å². The summed E-state index contributed by atoms with van der Waals surface area (Å²) in [6.07, 6.45) is 10.2. The van der Waals surface area contributed by atoms with Gasteiger partial charge in [0.1, 0.15) is 0 Å². The number of hydrogen-bond acceptors (Lipinski definition) is 1. The first-order valence-corrected chi connectivity index (χ1v) is 6.43. The summed E-state index contributed by atoms with van der Waals surface area (Å²) in [6, 6.07) is 0. The minimum Gasteiger partial charge on any atom is -0.389 e. The van der Waals surface area contributed by atoms with Gasteiger partial charge in [-0.15, -0.1) is 0 Å². The van der Waals surface area contributed by atoms with E-state index in [1.807, 2.05) is 13.0 Å². The van der Waals surface area contributed by atoms with Crippen molar-refractivity contribution in [3.63, 3.8) is 0 Å². The van der Waals surface area contributed by atoms with Gasteiger partial charge in [-0.3, -0.25) is 0 Å². The molecule has 2 aliphatic carbocycles. The molecule has 0 aromatic carbocycles. The molecule has 2 unspecified atom stereocenters. The lowest BCUT2D eigenvalue weighted by Gasteiger charge is -2.35. The SMILES string of the molecule is CC1=CCC(C2(C=CC(C)O)CC2)C1(C)C. The van der Waals surface area contributed by atoms with Gasteiger partial charge in [0, 0.05) is 0 Å². The molecule has 0 aromatic heterocycles. The fourth-order valence-corrected chi connectivity index (χ4v) is 3.19. The van der Waals surface area contributed by atoms with Crippen LogP contribution in [0.4, 0.5) is 0 Å². The molecule has 0 aromatic rings. The van der Waals surface area contributed by atoms with E-state index < -0.39 is 0 Å². The van der Waals surface area contributed by atoms with Gasteiger partial charge >= 0.3 is 0 Å². The third-order valence-electron chi connectivity index (χ3n) is 4.78. The van der Waals surface area contributed by atoms with Crippen LogP contribution in [0, 0.1) is 16.7 Å². The average molecular weight is 220 g/mol. The Morgan fingerprint density at radius 3 is 2.44 bits per heavy atom. The summed E-state index contributed by atoms with van der Waals surface area (Å²) in [5, 5.41) is 9.37. The van der Waals surface area contributed by atoms with E-state index in [1.165, 1.54) is 24.8 Å². The van der Waals surface area contributed by atoms with E-state index in [1.54, 1.807) is 0 Å². The van der Waals surface area contributed by atoms with Crippen LogP contribution in [0.5, 0.6) is 0 Å². The van der Waals surface area contributed by atoms with Gasteiger partial charge < -0.3 is 5.11 Å². The van der Waals surface area contributed by atoms with Gasteiger partial charge in [0.05, 0.1) is 6.10 Å². The second-order valence-corrected chi connectivity index (χ2v) is 6.23. The third kappa shape index (κ3) is 1.86. The van der Waals surface area contributed by atoms with Crippen LogP contribution in [0.25, 0.3) is 0 Å². The first kappa shape index (κ1) is 11.9. The van der Waals surface area contributed by atoms with E-state index in [2.05, 4.69) is 32.9 Å². The van der Waals surface area contributed by atoms with Crippen LogP contribution in [0.2, 0.25) is 0 Å². The van der Waals surface area contributed by atoms with Crippen LogP contribution in [0.15, 0.2) is 23.8 Å². The van der Waals surface area contributed by atoms with Crippen molar-refractivity contribution in [1.82, 2.24) is 0 Å². The summed E-state index contributed by atoms with van der Waals surface area (Å²) < 4.78 is 0. The summed E-state index contributed by atoms with van der Waals surface area (Å²) in [6.45, 7) is 8.82. The number of aliphatic hydroxyl groups is 1. The van der Waals surface area contributed by atoms with Crippen molar-refractivity contribution in [3.05, 3.63) is 23.8 Å². The van der Waals surface area contributed by atoms with Crippen LogP contribution >= 0.6 is 0 Å². The molecular formula is C15H24O. The van der Waals surface area contributed by atoms with E-state index in [0.717, 1.165) is 5.92 Å². The minimum atomic E-state index is -0.309. The predicted octanol–water partition coefficient (Wildman–Crippen LogP) is 3.70. The highest BCUT2D eigenvalue weighted by molar-refractivity contribution is 5.26. The number of rotatable bonds is 3. The Balaban J connectivity index is 2.15. The quantitative estimate of drug-likeness (QED) is 0.719. The number of aliphatic hydroxyl groups excluding tert-OH is 1. The second-order valence-electron chi connectivity index (χ2n) is 6.23. The average Bonchev–Trinajstić information content (AvgIpc) is 2.90. The maximum absolute atomic E-state index is 9.37. The Kier molecular flexibility index (Phi) is 2.78. The van der Waals surface area contributed by atoms with E-state index in [4.69, 9.17) is 0 Å². The Bertz CT molecular complexity index is 329. The van der Waals surface area contributed by atoms with Crippen LogP contribution in [-0.2, 0) is 0 Å². The molecule has 0 amide bonds. The van der Waals surface area contributed by atoms with Gasteiger partial charge in [0.25, 0.3) is 0 Å². The van der Waals surface area contributed by atoms with Gasteiger partial charge in [0.2, 0.25) is 0 Å². The molecule has 1 fully saturated rings. The van der Waals surface area contributed by atoms with Crippen molar-refractivity contribution in [1.29, 1.82) is 0 Å². The zero-order valence-electron chi connectivity index (χ0n) is 11.0. The molecule has 16 heavy (non-hydrogen) atoms. The standard InChI is InChI=1S/C15H24O/c1-11-5-6-13(14(11,3)4)15(9-10-15)8-7-12(2)16/h5,7-8,12-13,16H,6,9-10H2,1-4H3. The Hall–Kier alpha value is -0.560. The maximum atomic E-state index is 9.37. The summed E-state index contributed by atoms with van der Waals surface area (Å²) in [4.78, 5) is 0. The van der Waals surface area contributed by atoms with Gasteiger partial charge in [-0.05, 0) is 49.9 Å². The summed E-state index contributed by atoms with van der Waals surface area (Å²) in [5.41, 5.74) is 2.25. The van der Waals surface area contributed by atoms with Gasteiger partial charge in [-0.2, -0.15) is 0 Å². The molecule has 90 valence electrons. The lowest BCUT2D eigenvalue weighted by atomic mass is 9.69. The third-order valence-corrected chi connectivity index (χ3v) is 4.78. The van der Waals surface area contributed by atoms with E-state index >= 15 is 0 Å². The molecule has 2 atom stereocenters. The monoisotopic (exact) mass is 220 g/mol. The Morgan fingerprint density at radius 2 is 2.06 bits per heavy atom. The molecule has 2 rings (SSSR count). The predicted molar refractivity (Wildman–Crippen MR) is 68.1 cm³/mol. The Morgan fingerprint density at radius 1 is 1.44 bits per heavy atom. The second kappa shape index (κ2) is 3.73. The van der Waals surface area contributed by atoms with Crippen LogP contribution in [-0.4, -0.2) is 11.2 Å². The normalized spacial score (nSPS) is 32.8. The minimum absolute atomic E-state index is 0.309. The van der Waals surface area contributed by atoms with Crippen LogP contribution in [0.1, 0.15) is 47.0 Å².